The second-order valence-corrected chi connectivity index (χ2v) is 3.80. The van der Waals surface area contributed by atoms with Crippen molar-refractivity contribution in [1.29, 1.82) is 0 Å². The minimum Gasteiger partial charge on any atom is -0.496 e. The van der Waals surface area contributed by atoms with Crippen LogP contribution in [-0.2, 0) is 0 Å². The van der Waals surface area contributed by atoms with Gasteiger partial charge in [0, 0.05) is 6.92 Å². The fraction of sp³-hybridized carbons (Fsp3) is 0.333. The molecule has 1 heterocycles. The van der Waals surface area contributed by atoms with Crippen LogP contribution in [0.5, 0.6) is 5.75 Å². The van der Waals surface area contributed by atoms with Crippen LogP contribution in [0.25, 0.3) is 11.4 Å². The zero-order valence-corrected chi connectivity index (χ0v) is 9.87. The number of hydrogen-bond acceptors (Lipinski definition) is 4. The van der Waals surface area contributed by atoms with E-state index in [-0.39, 0.29) is 0 Å². The van der Waals surface area contributed by atoms with Gasteiger partial charge in [-0.3, -0.25) is 0 Å². The maximum atomic E-state index is 5.35. The van der Waals surface area contributed by atoms with Gasteiger partial charge < -0.3 is 9.26 Å². The third-order valence-corrected chi connectivity index (χ3v) is 2.41. The van der Waals surface area contributed by atoms with Crippen molar-refractivity contribution in [2.45, 2.75) is 20.8 Å². The molecule has 2 aromatic rings. The molecule has 4 heteroatoms. The number of hydrogen-bond donors (Lipinski definition) is 0. The number of aryl methyl sites for hydroxylation is 3. The van der Waals surface area contributed by atoms with Gasteiger partial charge in [-0.05, 0) is 31.0 Å². The van der Waals surface area contributed by atoms with Crippen LogP contribution in [0, 0.1) is 20.8 Å². The normalized spacial score (nSPS) is 10.5. The maximum Gasteiger partial charge on any atom is 0.223 e. The van der Waals surface area contributed by atoms with Gasteiger partial charge in [-0.1, -0.05) is 11.2 Å². The summed E-state index contributed by atoms with van der Waals surface area (Å²) in [6.07, 6.45) is 0. The van der Waals surface area contributed by atoms with E-state index in [9.17, 15) is 0 Å². The Bertz CT molecular complexity index is 518. The van der Waals surface area contributed by atoms with E-state index in [1.807, 2.05) is 19.9 Å². The van der Waals surface area contributed by atoms with Gasteiger partial charge in [-0.2, -0.15) is 4.98 Å². The summed E-state index contributed by atoms with van der Waals surface area (Å²) >= 11 is 0. The van der Waals surface area contributed by atoms with Crippen molar-refractivity contribution in [3.63, 3.8) is 0 Å². The van der Waals surface area contributed by atoms with E-state index < -0.39 is 0 Å². The lowest BCUT2D eigenvalue weighted by Gasteiger charge is -2.09. The monoisotopic (exact) mass is 218 g/mol. The lowest BCUT2D eigenvalue weighted by atomic mass is 10.0. The summed E-state index contributed by atoms with van der Waals surface area (Å²) in [5, 5.41) is 3.92. The molecule has 2 rings (SSSR count). The Morgan fingerprint density at radius 2 is 1.94 bits per heavy atom. The fourth-order valence-electron chi connectivity index (χ4n) is 1.78. The third-order valence-electron chi connectivity index (χ3n) is 2.41. The summed E-state index contributed by atoms with van der Waals surface area (Å²) in [4.78, 5) is 4.22. The Kier molecular flexibility index (Phi) is 2.64. The zero-order chi connectivity index (χ0) is 11.7. The first-order chi connectivity index (χ1) is 7.61. The Morgan fingerprint density at radius 1 is 1.19 bits per heavy atom. The van der Waals surface area contributed by atoms with E-state index in [0.717, 1.165) is 22.4 Å². The van der Waals surface area contributed by atoms with E-state index >= 15 is 0 Å². The fourth-order valence-corrected chi connectivity index (χ4v) is 1.78. The molecule has 0 spiro atoms. The number of benzene rings is 1. The Morgan fingerprint density at radius 3 is 2.50 bits per heavy atom. The van der Waals surface area contributed by atoms with Crippen molar-refractivity contribution in [2.75, 3.05) is 7.11 Å². The summed E-state index contributed by atoms with van der Waals surface area (Å²) in [6, 6.07) is 4.04. The van der Waals surface area contributed by atoms with Crippen LogP contribution in [0.2, 0.25) is 0 Å². The molecule has 84 valence electrons. The van der Waals surface area contributed by atoms with Crippen molar-refractivity contribution >= 4 is 0 Å². The van der Waals surface area contributed by atoms with Crippen LogP contribution in [0.4, 0.5) is 0 Å². The molecule has 4 nitrogen and oxygen atoms in total. The van der Waals surface area contributed by atoms with Crippen LogP contribution >= 0.6 is 0 Å². The van der Waals surface area contributed by atoms with Crippen molar-refractivity contribution in [1.82, 2.24) is 10.1 Å². The molecule has 1 aromatic heterocycles. The highest BCUT2D eigenvalue weighted by molar-refractivity contribution is 5.68. The molecule has 0 saturated carbocycles. The van der Waals surface area contributed by atoms with Crippen LogP contribution in [0.15, 0.2) is 16.7 Å². The Labute approximate surface area is 94.2 Å². The first-order valence-electron chi connectivity index (χ1n) is 5.07. The Balaban J connectivity index is 2.63. The highest BCUT2D eigenvalue weighted by atomic mass is 16.5. The van der Waals surface area contributed by atoms with Gasteiger partial charge in [0.05, 0.1) is 12.7 Å². The quantitative estimate of drug-likeness (QED) is 0.777. The lowest BCUT2D eigenvalue weighted by molar-refractivity contribution is 0.392. The number of aromatic nitrogens is 2. The average Bonchev–Trinajstić information content (AvgIpc) is 2.63. The Hall–Kier alpha value is -1.84. The molecule has 0 amide bonds. The van der Waals surface area contributed by atoms with E-state index in [1.165, 1.54) is 0 Å². The first-order valence-corrected chi connectivity index (χ1v) is 5.07. The largest absolute Gasteiger partial charge is 0.496 e. The van der Waals surface area contributed by atoms with Gasteiger partial charge in [0.2, 0.25) is 11.7 Å². The van der Waals surface area contributed by atoms with E-state index in [4.69, 9.17) is 9.26 Å². The number of rotatable bonds is 2. The summed E-state index contributed by atoms with van der Waals surface area (Å²) in [7, 11) is 1.64. The molecule has 0 aliphatic carbocycles. The maximum absolute atomic E-state index is 5.35. The van der Waals surface area contributed by atoms with Crippen LogP contribution < -0.4 is 4.74 Å². The molecule has 0 aliphatic rings. The van der Waals surface area contributed by atoms with Gasteiger partial charge in [0.25, 0.3) is 0 Å². The molecular formula is C12H14N2O2. The number of nitrogens with zero attached hydrogens (tertiary/aromatic N) is 2. The molecule has 0 aliphatic heterocycles. The highest BCUT2D eigenvalue weighted by Crippen LogP contribution is 2.32. The van der Waals surface area contributed by atoms with Gasteiger partial charge in [-0.25, -0.2) is 0 Å². The number of ether oxygens (including phenoxy) is 1. The van der Waals surface area contributed by atoms with Crippen molar-refractivity contribution in [3.05, 3.63) is 29.2 Å². The van der Waals surface area contributed by atoms with E-state index in [2.05, 4.69) is 16.2 Å². The molecular weight excluding hydrogens is 204 g/mol. The SMILES string of the molecule is COc1cc(C)cc(C)c1-c1noc(C)n1. The van der Waals surface area contributed by atoms with Crippen LogP contribution in [0.1, 0.15) is 17.0 Å². The third kappa shape index (κ3) is 1.78. The van der Waals surface area contributed by atoms with Crippen LogP contribution in [-0.4, -0.2) is 17.3 Å². The van der Waals surface area contributed by atoms with E-state index in [0.29, 0.717) is 11.7 Å². The summed E-state index contributed by atoms with van der Waals surface area (Å²) in [6.45, 7) is 5.81. The molecule has 0 radical (unpaired) electrons. The molecule has 0 fully saturated rings. The van der Waals surface area contributed by atoms with Crippen LogP contribution in [0.3, 0.4) is 0 Å². The molecule has 0 atom stereocenters. The molecule has 0 N–H and O–H groups in total. The predicted molar refractivity (Wildman–Crippen MR) is 60.5 cm³/mol. The highest BCUT2D eigenvalue weighted by Gasteiger charge is 2.15. The summed E-state index contributed by atoms with van der Waals surface area (Å²) in [5.41, 5.74) is 3.13. The van der Waals surface area contributed by atoms with Crippen molar-refractivity contribution < 1.29 is 9.26 Å². The zero-order valence-electron chi connectivity index (χ0n) is 9.87. The van der Waals surface area contributed by atoms with Gasteiger partial charge in [0.15, 0.2) is 0 Å². The average molecular weight is 218 g/mol. The molecule has 0 bridgehead atoms. The van der Waals surface area contributed by atoms with Gasteiger partial charge in [-0.15, -0.1) is 0 Å². The topological polar surface area (TPSA) is 48.2 Å². The molecule has 0 unspecified atom stereocenters. The predicted octanol–water partition coefficient (Wildman–Crippen LogP) is 2.67. The minimum absolute atomic E-state index is 0.553. The molecule has 0 saturated heterocycles. The smallest absolute Gasteiger partial charge is 0.223 e. The van der Waals surface area contributed by atoms with Crippen molar-refractivity contribution in [2.24, 2.45) is 0 Å². The number of methoxy groups -OCH3 is 1. The van der Waals surface area contributed by atoms with E-state index in [1.54, 1.807) is 14.0 Å². The summed E-state index contributed by atoms with van der Waals surface area (Å²) < 4.78 is 10.3. The standard InChI is InChI=1S/C12H14N2O2/c1-7-5-8(2)11(10(6-7)15-4)12-13-9(3)16-14-12/h5-6H,1-4H3. The van der Waals surface area contributed by atoms with Crippen molar-refractivity contribution in [3.8, 4) is 17.1 Å². The lowest BCUT2D eigenvalue weighted by Crippen LogP contribution is -1.94. The second kappa shape index (κ2) is 3.96. The van der Waals surface area contributed by atoms with Gasteiger partial charge >= 0.3 is 0 Å². The molecule has 1 aromatic carbocycles. The minimum atomic E-state index is 0.553. The second-order valence-electron chi connectivity index (χ2n) is 3.80. The summed E-state index contributed by atoms with van der Waals surface area (Å²) in [5.74, 6) is 1.90. The van der Waals surface area contributed by atoms with Gasteiger partial charge in [0.1, 0.15) is 5.75 Å². The molecule has 16 heavy (non-hydrogen) atoms. The first kappa shape index (κ1) is 10.7.